The second-order valence-corrected chi connectivity index (χ2v) is 5.82. The summed E-state index contributed by atoms with van der Waals surface area (Å²) in [5.74, 6) is 0.221. The van der Waals surface area contributed by atoms with E-state index in [4.69, 9.17) is 13.7 Å². The Morgan fingerprint density at radius 3 is 2.74 bits per heavy atom. The van der Waals surface area contributed by atoms with Gasteiger partial charge in [0.25, 0.3) is 0 Å². The first-order chi connectivity index (χ1) is 13.2. The van der Waals surface area contributed by atoms with Crippen LogP contribution in [0.1, 0.15) is 18.5 Å². The average molecular weight is 365 g/mol. The Kier molecular flexibility index (Phi) is 4.52. The minimum atomic E-state index is -0.592. The zero-order chi connectivity index (χ0) is 18.6. The molecule has 1 amide bonds. The first kappa shape index (κ1) is 16.8. The maximum absolute atomic E-state index is 12.3. The van der Waals surface area contributed by atoms with Gasteiger partial charge in [-0.25, -0.2) is 9.80 Å². The summed E-state index contributed by atoms with van der Waals surface area (Å²) in [4.78, 5) is 24.4. The van der Waals surface area contributed by atoms with E-state index in [1.165, 1.54) is 11.3 Å². The topological polar surface area (TPSA) is 98.1 Å². The van der Waals surface area contributed by atoms with Crippen LogP contribution >= 0.6 is 0 Å². The summed E-state index contributed by atoms with van der Waals surface area (Å²) in [5, 5.41) is 9.23. The van der Waals surface area contributed by atoms with E-state index >= 15 is 0 Å². The number of esters is 1. The van der Waals surface area contributed by atoms with Crippen LogP contribution in [0, 0.1) is 0 Å². The molecule has 3 heterocycles. The molecule has 0 N–H and O–H groups in total. The lowest BCUT2D eigenvalue weighted by molar-refractivity contribution is -0.137. The zero-order valence-electron chi connectivity index (χ0n) is 14.2. The number of nitrogens with zero attached hydrogens (tertiary/aromatic N) is 3. The number of carbonyl (C=O) groups excluding carboxylic acids is 2. The van der Waals surface area contributed by atoms with Gasteiger partial charge in [0, 0.05) is 18.9 Å². The Bertz CT molecular complexity index is 976. The van der Waals surface area contributed by atoms with Crippen LogP contribution < -0.4 is 5.01 Å². The van der Waals surface area contributed by atoms with Crippen LogP contribution in [0.15, 0.2) is 68.8 Å². The number of hydrogen-bond acceptors (Lipinski definition) is 7. The second kappa shape index (κ2) is 7.28. The van der Waals surface area contributed by atoms with Crippen molar-refractivity contribution in [2.75, 3.05) is 5.01 Å². The van der Waals surface area contributed by atoms with Gasteiger partial charge in [-0.15, -0.1) is 0 Å². The summed E-state index contributed by atoms with van der Waals surface area (Å²) in [6.45, 7) is -0.0681. The van der Waals surface area contributed by atoms with Crippen molar-refractivity contribution >= 4 is 23.3 Å². The highest BCUT2D eigenvalue weighted by atomic mass is 16.5. The van der Waals surface area contributed by atoms with Crippen molar-refractivity contribution < 1.29 is 23.3 Å². The molecule has 0 aliphatic carbocycles. The van der Waals surface area contributed by atoms with Crippen LogP contribution in [0.3, 0.4) is 0 Å². The van der Waals surface area contributed by atoms with E-state index in [0.29, 0.717) is 22.9 Å². The largest absolute Gasteiger partial charge is 0.461 e. The molecule has 0 unspecified atom stereocenters. The standard InChI is InChI=1S/C19H15N3O5/c23-18-9-8-15(20-22(18)14-5-2-1-3-6-14)19(24)26-12-13-11-17(27-21-13)16-7-4-10-25-16/h1-7,10-11H,8-9,12H2. The number of para-hydroxylation sites is 1. The SMILES string of the molecule is O=C(OCc1cc(-c2ccco2)on1)C1=NN(c2ccccc2)C(=O)CC1. The Morgan fingerprint density at radius 1 is 1.11 bits per heavy atom. The van der Waals surface area contributed by atoms with Crippen LogP contribution in [0.4, 0.5) is 5.69 Å². The van der Waals surface area contributed by atoms with Gasteiger partial charge in [0.15, 0.2) is 5.76 Å². The summed E-state index contributed by atoms with van der Waals surface area (Å²) in [6, 6.07) is 14.0. The Labute approximate surface area is 154 Å². The lowest BCUT2D eigenvalue weighted by Gasteiger charge is -2.22. The van der Waals surface area contributed by atoms with Crippen LogP contribution in [-0.4, -0.2) is 22.7 Å². The average Bonchev–Trinajstić information content (AvgIpc) is 3.39. The number of hydrogen-bond donors (Lipinski definition) is 0. The number of benzene rings is 1. The molecule has 0 spiro atoms. The number of hydrazone groups is 1. The monoisotopic (exact) mass is 365 g/mol. The van der Waals surface area contributed by atoms with Gasteiger partial charge in [0.2, 0.25) is 11.7 Å². The van der Waals surface area contributed by atoms with Gasteiger partial charge in [-0.3, -0.25) is 4.79 Å². The van der Waals surface area contributed by atoms with Crippen molar-refractivity contribution in [2.45, 2.75) is 19.4 Å². The van der Waals surface area contributed by atoms with Crippen LogP contribution in [0.25, 0.3) is 11.5 Å². The fraction of sp³-hybridized carbons (Fsp3) is 0.158. The number of ether oxygens (including phenoxy) is 1. The van der Waals surface area contributed by atoms with Crippen molar-refractivity contribution in [2.24, 2.45) is 5.10 Å². The smallest absolute Gasteiger partial charge is 0.354 e. The maximum Gasteiger partial charge on any atom is 0.354 e. The molecule has 0 atom stereocenters. The molecule has 4 rings (SSSR count). The molecule has 2 aromatic heterocycles. The molecule has 0 saturated carbocycles. The Balaban J connectivity index is 1.43. The molecule has 1 aromatic carbocycles. The van der Waals surface area contributed by atoms with Gasteiger partial charge in [-0.1, -0.05) is 23.4 Å². The molecule has 0 fully saturated rings. The summed E-state index contributed by atoms with van der Waals surface area (Å²) in [5.41, 5.74) is 1.24. The summed E-state index contributed by atoms with van der Waals surface area (Å²) >= 11 is 0. The molecule has 0 bridgehead atoms. The number of rotatable bonds is 5. The van der Waals surface area contributed by atoms with Crippen LogP contribution in [0.5, 0.6) is 0 Å². The predicted octanol–water partition coefficient (Wildman–Crippen LogP) is 3.16. The number of amides is 1. The van der Waals surface area contributed by atoms with Crippen LogP contribution in [0.2, 0.25) is 0 Å². The third-order valence-corrected chi connectivity index (χ3v) is 3.94. The maximum atomic E-state index is 12.3. The van der Waals surface area contributed by atoms with E-state index in [2.05, 4.69) is 10.3 Å². The third kappa shape index (κ3) is 3.64. The summed E-state index contributed by atoms with van der Waals surface area (Å²) < 4.78 is 15.6. The van der Waals surface area contributed by atoms with Gasteiger partial charge >= 0.3 is 5.97 Å². The lowest BCUT2D eigenvalue weighted by Crippen LogP contribution is -2.34. The number of anilines is 1. The molecule has 1 aliphatic heterocycles. The Morgan fingerprint density at radius 2 is 1.96 bits per heavy atom. The molecule has 136 valence electrons. The molecule has 3 aromatic rings. The van der Waals surface area contributed by atoms with Gasteiger partial charge in [-0.2, -0.15) is 5.10 Å². The minimum absolute atomic E-state index is 0.0681. The molecular weight excluding hydrogens is 350 g/mol. The van der Waals surface area contributed by atoms with Crippen molar-refractivity contribution in [3.05, 3.63) is 60.5 Å². The molecule has 8 heteroatoms. The second-order valence-electron chi connectivity index (χ2n) is 5.82. The van der Waals surface area contributed by atoms with Gasteiger partial charge in [0.05, 0.1) is 12.0 Å². The fourth-order valence-corrected chi connectivity index (χ4v) is 2.61. The molecule has 1 aliphatic rings. The summed E-state index contributed by atoms with van der Waals surface area (Å²) in [6.07, 6.45) is 1.95. The van der Waals surface area contributed by atoms with Gasteiger partial charge < -0.3 is 13.7 Å². The zero-order valence-corrected chi connectivity index (χ0v) is 14.2. The highest BCUT2D eigenvalue weighted by Crippen LogP contribution is 2.22. The van der Waals surface area contributed by atoms with E-state index < -0.39 is 5.97 Å². The molecule has 8 nitrogen and oxygen atoms in total. The van der Waals surface area contributed by atoms with E-state index in [9.17, 15) is 9.59 Å². The van der Waals surface area contributed by atoms with Crippen molar-refractivity contribution in [1.82, 2.24) is 5.16 Å². The lowest BCUT2D eigenvalue weighted by atomic mass is 10.1. The van der Waals surface area contributed by atoms with Gasteiger partial charge in [-0.05, 0) is 24.3 Å². The molecule has 0 saturated heterocycles. The van der Waals surface area contributed by atoms with E-state index in [-0.39, 0.29) is 31.1 Å². The van der Waals surface area contributed by atoms with Crippen LogP contribution in [-0.2, 0) is 20.9 Å². The molecular formula is C19H15N3O5. The highest BCUT2D eigenvalue weighted by molar-refractivity contribution is 6.37. The van der Waals surface area contributed by atoms with Crippen molar-refractivity contribution in [1.29, 1.82) is 0 Å². The minimum Gasteiger partial charge on any atom is -0.461 e. The molecule has 27 heavy (non-hydrogen) atoms. The fourth-order valence-electron chi connectivity index (χ4n) is 2.61. The first-order valence-electron chi connectivity index (χ1n) is 8.33. The summed E-state index contributed by atoms with van der Waals surface area (Å²) in [7, 11) is 0. The number of carbonyl (C=O) groups is 2. The van der Waals surface area contributed by atoms with Crippen molar-refractivity contribution in [3.8, 4) is 11.5 Å². The highest BCUT2D eigenvalue weighted by Gasteiger charge is 2.26. The third-order valence-electron chi connectivity index (χ3n) is 3.94. The number of furan rings is 1. The van der Waals surface area contributed by atoms with E-state index in [1.807, 2.05) is 6.07 Å². The Hall–Kier alpha value is -3.68. The van der Waals surface area contributed by atoms with E-state index in [0.717, 1.165) is 0 Å². The predicted molar refractivity (Wildman–Crippen MR) is 94.6 cm³/mol. The van der Waals surface area contributed by atoms with Gasteiger partial charge in [0.1, 0.15) is 18.0 Å². The quantitative estimate of drug-likeness (QED) is 0.644. The van der Waals surface area contributed by atoms with Crippen molar-refractivity contribution in [3.63, 3.8) is 0 Å². The first-order valence-corrected chi connectivity index (χ1v) is 8.33. The number of aromatic nitrogens is 1. The van der Waals surface area contributed by atoms with E-state index in [1.54, 1.807) is 42.5 Å². The normalized spacial score (nSPS) is 14.1. The molecule has 0 radical (unpaired) electrons.